The summed E-state index contributed by atoms with van der Waals surface area (Å²) in [4.78, 5) is 39.9. The molecule has 1 saturated heterocycles. The van der Waals surface area contributed by atoms with Crippen molar-refractivity contribution < 1.29 is 33.3 Å². The molecule has 0 aromatic heterocycles. The fourth-order valence-corrected chi connectivity index (χ4v) is 4.50. The number of piperidine rings is 1. The van der Waals surface area contributed by atoms with Crippen LogP contribution in [0.2, 0.25) is 0 Å². The predicted octanol–water partition coefficient (Wildman–Crippen LogP) is 2.29. The smallest absolute Gasteiger partial charge is 0.338 e. The molecule has 35 heavy (non-hydrogen) atoms. The average molecular weight is 490 g/mol. The number of ether oxygens (including phenoxy) is 4. The Balaban J connectivity index is 1.89. The third kappa shape index (κ3) is 6.52. The third-order valence-electron chi connectivity index (χ3n) is 6.18. The van der Waals surface area contributed by atoms with E-state index >= 15 is 0 Å². The lowest BCUT2D eigenvalue weighted by Gasteiger charge is -2.35. The number of methoxy groups -OCH3 is 2. The molecule has 0 radical (unpaired) electrons. The number of benzene rings is 1. The Morgan fingerprint density at radius 1 is 1.09 bits per heavy atom. The number of amides is 2. The van der Waals surface area contributed by atoms with Crippen molar-refractivity contribution in [3.63, 3.8) is 0 Å². The summed E-state index contributed by atoms with van der Waals surface area (Å²) in [7, 11) is 3.17. The van der Waals surface area contributed by atoms with Crippen LogP contribution in [0.4, 0.5) is 4.79 Å². The van der Waals surface area contributed by atoms with E-state index in [9.17, 15) is 14.4 Å². The minimum Gasteiger partial charge on any atom is -0.496 e. The molecule has 2 aliphatic heterocycles. The zero-order valence-corrected chi connectivity index (χ0v) is 20.8. The number of esters is 2. The number of urea groups is 1. The van der Waals surface area contributed by atoms with E-state index in [1.54, 1.807) is 34.1 Å². The van der Waals surface area contributed by atoms with Gasteiger partial charge in [-0.1, -0.05) is 6.07 Å². The fraction of sp³-hybridized carbons (Fsp3) is 0.560. The van der Waals surface area contributed by atoms with Gasteiger partial charge >= 0.3 is 18.0 Å². The summed E-state index contributed by atoms with van der Waals surface area (Å²) in [5.74, 6) is -0.133. The highest BCUT2D eigenvalue weighted by atomic mass is 16.5. The second-order valence-corrected chi connectivity index (χ2v) is 8.45. The van der Waals surface area contributed by atoms with Crippen molar-refractivity contribution in [2.24, 2.45) is 5.92 Å². The van der Waals surface area contributed by atoms with Gasteiger partial charge in [0, 0.05) is 24.9 Å². The van der Waals surface area contributed by atoms with Gasteiger partial charge in [0.1, 0.15) is 5.75 Å². The summed E-state index contributed by atoms with van der Waals surface area (Å²) < 4.78 is 21.2. The number of carbonyl (C=O) groups excluding carboxylic acids is 3. The highest BCUT2D eigenvalue weighted by Crippen LogP contribution is 2.32. The van der Waals surface area contributed by atoms with Gasteiger partial charge in [0.25, 0.3) is 0 Å². The van der Waals surface area contributed by atoms with Crippen LogP contribution in [0.1, 0.15) is 43.9 Å². The molecule has 2 amide bonds. The van der Waals surface area contributed by atoms with E-state index < -0.39 is 18.0 Å². The number of rotatable bonds is 10. The van der Waals surface area contributed by atoms with Gasteiger partial charge < -0.3 is 29.6 Å². The SMILES string of the molecule is CCOC(=O)C1=C(CN2CCC(C(=O)OCC)CC2)NC(=O)N[C@@H]1c1ccc(OC)c(COC)c1. The van der Waals surface area contributed by atoms with Crippen LogP contribution in [-0.4, -0.2) is 69.9 Å². The van der Waals surface area contributed by atoms with Crippen molar-refractivity contribution in [1.29, 1.82) is 0 Å². The van der Waals surface area contributed by atoms with Crippen molar-refractivity contribution in [2.45, 2.75) is 39.3 Å². The second kappa shape index (κ2) is 12.6. The molecule has 0 spiro atoms. The molecule has 0 saturated carbocycles. The molecule has 1 aromatic carbocycles. The van der Waals surface area contributed by atoms with Crippen molar-refractivity contribution in [1.82, 2.24) is 15.5 Å². The summed E-state index contributed by atoms with van der Waals surface area (Å²) in [5, 5.41) is 5.68. The quantitative estimate of drug-likeness (QED) is 0.481. The molecule has 10 nitrogen and oxygen atoms in total. The Kier molecular flexibility index (Phi) is 9.50. The topological polar surface area (TPSA) is 115 Å². The van der Waals surface area contributed by atoms with Crippen molar-refractivity contribution in [3.8, 4) is 5.75 Å². The largest absolute Gasteiger partial charge is 0.496 e. The molecule has 0 aliphatic carbocycles. The van der Waals surface area contributed by atoms with Crippen LogP contribution in [0.3, 0.4) is 0 Å². The third-order valence-corrected chi connectivity index (χ3v) is 6.18. The maximum Gasteiger partial charge on any atom is 0.338 e. The summed E-state index contributed by atoms with van der Waals surface area (Å²) >= 11 is 0. The monoisotopic (exact) mass is 489 g/mol. The summed E-state index contributed by atoms with van der Waals surface area (Å²) in [5.41, 5.74) is 2.36. The highest BCUT2D eigenvalue weighted by molar-refractivity contribution is 5.95. The van der Waals surface area contributed by atoms with Gasteiger partial charge in [-0.25, -0.2) is 9.59 Å². The van der Waals surface area contributed by atoms with Crippen LogP contribution in [0.15, 0.2) is 29.5 Å². The van der Waals surface area contributed by atoms with Gasteiger partial charge in [-0.15, -0.1) is 0 Å². The normalized spacial score (nSPS) is 19.1. The maximum atomic E-state index is 13.1. The van der Waals surface area contributed by atoms with E-state index in [4.69, 9.17) is 18.9 Å². The van der Waals surface area contributed by atoms with Gasteiger partial charge in [0.05, 0.1) is 44.5 Å². The standard InChI is InChI=1S/C25H35N3O7/c1-5-34-23(29)16-9-11-28(12-10-16)14-19-21(24(30)35-6-2)22(27-25(31)26-19)17-7-8-20(33-4)18(13-17)15-32-3/h7-8,13,16,22H,5-6,9-12,14-15H2,1-4H3,(H2,26,27,31)/t22-/m1/s1. The molecule has 1 atom stereocenters. The molecule has 2 N–H and O–H groups in total. The van der Waals surface area contributed by atoms with Crippen LogP contribution < -0.4 is 15.4 Å². The van der Waals surface area contributed by atoms with E-state index in [1.807, 2.05) is 12.1 Å². The molecule has 192 valence electrons. The lowest BCUT2D eigenvalue weighted by molar-refractivity contribution is -0.149. The first-order valence-electron chi connectivity index (χ1n) is 11.9. The Hall–Kier alpha value is -3.11. The first-order chi connectivity index (χ1) is 16.9. The molecule has 10 heteroatoms. The molecule has 3 rings (SSSR count). The minimum absolute atomic E-state index is 0.126. The van der Waals surface area contributed by atoms with Crippen LogP contribution in [0.25, 0.3) is 0 Å². The summed E-state index contributed by atoms with van der Waals surface area (Å²) in [6, 6.07) is 4.37. The van der Waals surface area contributed by atoms with Gasteiger partial charge in [-0.05, 0) is 57.5 Å². The Morgan fingerprint density at radius 3 is 2.43 bits per heavy atom. The van der Waals surface area contributed by atoms with Gasteiger partial charge in [0.15, 0.2) is 0 Å². The zero-order valence-electron chi connectivity index (χ0n) is 20.8. The fourth-order valence-electron chi connectivity index (χ4n) is 4.50. The Labute approximate surface area is 205 Å². The molecular formula is C25H35N3O7. The molecule has 1 fully saturated rings. The first kappa shape index (κ1) is 26.5. The summed E-state index contributed by atoms with van der Waals surface area (Å²) in [6.45, 7) is 6.09. The van der Waals surface area contributed by atoms with Gasteiger partial charge in [0.2, 0.25) is 0 Å². The van der Waals surface area contributed by atoms with Crippen LogP contribution in [-0.2, 0) is 30.4 Å². The van der Waals surface area contributed by atoms with Gasteiger partial charge in [-0.3, -0.25) is 9.69 Å². The number of nitrogens with zero attached hydrogens (tertiary/aromatic N) is 1. The van der Waals surface area contributed by atoms with Crippen LogP contribution in [0.5, 0.6) is 5.75 Å². The number of carbonyl (C=O) groups is 3. The van der Waals surface area contributed by atoms with Crippen molar-refractivity contribution in [2.75, 3.05) is 47.1 Å². The number of hydrogen-bond donors (Lipinski definition) is 2. The lowest BCUT2D eigenvalue weighted by atomic mass is 9.92. The van der Waals surface area contributed by atoms with E-state index in [0.29, 0.717) is 68.3 Å². The Bertz CT molecular complexity index is 954. The van der Waals surface area contributed by atoms with E-state index in [1.165, 1.54) is 0 Å². The number of nitrogens with one attached hydrogen (secondary N) is 2. The van der Waals surface area contributed by atoms with Crippen molar-refractivity contribution >= 4 is 18.0 Å². The highest BCUT2D eigenvalue weighted by Gasteiger charge is 2.35. The number of likely N-dealkylation sites (tertiary alicyclic amines) is 1. The van der Waals surface area contributed by atoms with Crippen LogP contribution in [0, 0.1) is 5.92 Å². The minimum atomic E-state index is -0.698. The van der Waals surface area contributed by atoms with Crippen LogP contribution >= 0.6 is 0 Å². The van der Waals surface area contributed by atoms with E-state index in [0.717, 1.165) is 5.56 Å². The zero-order chi connectivity index (χ0) is 25.4. The Morgan fingerprint density at radius 2 is 1.80 bits per heavy atom. The predicted molar refractivity (Wildman–Crippen MR) is 128 cm³/mol. The molecule has 1 aromatic rings. The van der Waals surface area contributed by atoms with Gasteiger partial charge in [-0.2, -0.15) is 0 Å². The van der Waals surface area contributed by atoms with Crippen molar-refractivity contribution in [3.05, 3.63) is 40.6 Å². The molecule has 2 aliphatic rings. The second-order valence-electron chi connectivity index (χ2n) is 8.45. The number of hydrogen-bond acceptors (Lipinski definition) is 8. The molecular weight excluding hydrogens is 454 g/mol. The molecule has 0 bridgehead atoms. The summed E-state index contributed by atoms with van der Waals surface area (Å²) in [6.07, 6.45) is 1.32. The first-order valence-corrected chi connectivity index (χ1v) is 11.9. The van der Waals surface area contributed by atoms with E-state index in [2.05, 4.69) is 15.5 Å². The molecule has 2 heterocycles. The van der Waals surface area contributed by atoms with E-state index in [-0.39, 0.29) is 18.5 Å². The molecule has 0 unspecified atom stereocenters. The average Bonchev–Trinajstić information content (AvgIpc) is 2.84. The lowest BCUT2D eigenvalue weighted by Crippen LogP contribution is -2.49. The maximum absolute atomic E-state index is 13.1.